The fourth-order valence-corrected chi connectivity index (χ4v) is 3.05. The SMILES string of the molecule is CCOc1ccc(NC(=O)c2ccc(NC(=O)CN(C)Cc3ccc(C)o3)cc2)cc1. The number of nitrogens with zero attached hydrogens (tertiary/aromatic N) is 1. The lowest BCUT2D eigenvalue weighted by atomic mass is 10.2. The molecule has 3 aromatic rings. The molecule has 2 aromatic carbocycles. The zero-order valence-corrected chi connectivity index (χ0v) is 18.0. The minimum absolute atomic E-state index is 0.141. The number of hydrogen-bond acceptors (Lipinski definition) is 5. The summed E-state index contributed by atoms with van der Waals surface area (Å²) < 4.78 is 10.9. The third-order valence-electron chi connectivity index (χ3n) is 4.49. The molecule has 1 heterocycles. The number of nitrogens with one attached hydrogen (secondary N) is 2. The zero-order chi connectivity index (χ0) is 22.2. The van der Waals surface area contributed by atoms with E-state index in [0.717, 1.165) is 17.3 Å². The molecule has 0 saturated heterocycles. The maximum absolute atomic E-state index is 12.4. The predicted molar refractivity (Wildman–Crippen MR) is 120 cm³/mol. The summed E-state index contributed by atoms with van der Waals surface area (Å²) in [5.74, 6) is 2.05. The molecule has 7 heteroatoms. The van der Waals surface area contributed by atoms with Gasteiger partial charge in [-0.1, -0.05) is 0 Å². The van der Waals surface area contributed by atoms with Gasteiger partial charge in [-0.2, -0.15) is 0 Å². The molecule has 0 aliphatic heterocycles. The Balaban J connectivity index is 1.49. The maximum Gasteiger partial charge on any atom is 0.255 e. The Morgan fingerprint density at radius 3 is 2.19 bits per heavy atom. The number of anilines is 2. The molecule has 0 fully saturated rings. The Hall–Kier alpha value is -3.58. The fraction of sp³-hybridized carbons (Fsp3) is 0.250. The molecular weight excluding hydrogens is 394 g/mol. The van der Waals surface area contributed by atoms with Gasteiger partial charge in [-0.05, 0) is 81.6 Å². The summed E-state index contributed by atoms with van der Waals surface area (Å²) >= 11 is 0. The number of aryl methyl sites for hydroxylation is 1. The van der Waals surface area contributed by atoms with Crippen molar-refractivity contribution in [3.8, 4) is 5.75 Å². The number of carbonyl (C=O) groups is 2. The van der Waals surface area contributed by atoms with E-state index >= 15 is 0 Å². The number of furan rings is 1. The highest BCUT2D eigenvalue weighted by atomic mass is 16.5. The van der Waals surface area contributed by atoms with Gasteiger partial charge in [-0.15, -0.1) is 0 Å². The minimum atomic E-state index is -0.226. The zero-order valence-electron chi connectivity index (χ0n) is 18.0. The third kappa shape index (κ3) is 6.72. The first-order chi connectivity index (χ1) is 14.9. The molecule has 0 radical (unpaired) electrons. The van der Waals surface area contributed by atoms with Crippen molar-refractivity contribution in [2.75, 3.05) is 30.8 Å². The van der Waals surface area contributed by atoms with Crippen molar-refractivity contribution in [3.63, 3.8) is 0 Å². The number of likely N-dealkylation sites (N-methyl/N-ethyl adjacent to an activating group) is 1. The Morgan fingerprint density at radius 1 is 0.935 bits per heavy atom. The van der Waals surface area contributed by atoms with Crippen molar-refractivity contribution in [2.45, 2.75) is 20.4 Å². The average molecular weight is 421 g/mol. The highest BCUT2D eigenvalue weighted by Crippen LogP contribution is 2.17. The van der Waals surface area contributed by atoms with Gasteiger partial charge in [-0.25, -0.2) is 0 Å². The van der Waals surface area contributed by atoms with Crippen molar-refractivity contribution in [1.29, 1.82) is 0 Å². The molecule has 0 bridgehead atoms. The van der Waals surface area contributed by atoms with Gasteiger partial charge in [0.15, 0.2) is 0 Å². The Labute approximate surface area is 182 Å². The summed E-state index contributed by atoms with van der Waals surface area (Å²) in [6.07, 6.45) is 0. The van der Waals surface area contributed by atoms with Gasteiger partial charge in [0.25, 0.3) is 5.91 Å². The smallest absolute Gasteiger partial charge is 0.255 e. The summed E-state index contributed by atoms with van der Waals surface area (Å²) in [6, 6.07) is 17.8. The van der Waals surface area contributed by atoms with E-state index < -0.39 is 0 Å². The first kappa shape index (κ1) is 22.1. The summed E-state index contributed by atoms with van der Waals surface area (Å²) in [5.41, 5.74) is 1.81. The van der Waals surface area contributed by atoms with Gasteiger partial charge in [0.1, 0.15) is 17.3 Å². The number of amides is 2. The van der Waals surface area contributed by atoms with E-state index in [1.807, 2.05) is 50.1 Å². The second-order valence-electron chi connectivity index (χ2n) is 7.22. The highest BCUT2D eigenvalue weighted by Gasteiger charge is 2.11. The lowest BCUT2D eigenvalue weighted by molar-refractivity contribution is -0.117. The van der Waals surface area contributed by atoms with Crippen molar-refractivity contribution in [3.05, 3.63) is 77.7 Å². The molecule has 0 atom stereocenters. The van der Waals surface area contributed by atoms with Crippen LogP contribution in [0.4, 0.5) is 11.4 Å². The van der Waals surface area contributed by atoms with Crippen LogP contribution in [0.15, 0.2) is 65.1 Å². The monoisotopic (exact) mass is 421 g/mol. The van der Waals surface area contributed by atoms with E-state index in [2.05, 4.69) is 10.6 Å². The van der Waals surface area contributed by atoms with Crippen molar-refractivity contribution >= 4 is 23.2 Å². The molecule has 0 spiro atoms. The van der Waals surface area contributed by atoms with E-state index in [1.54, 1.807) is 36.4 Å². The predicted octanol–water partition coefficient (Wildman–Crippen LogP) is 4.31. The highest BCUT2D eigenvalue weighted by molar-refractivity contribution is 6.04. The van der Waals surface area contributed by atoms with Gasteiger partial charge >= 0.3 is 0 Å². The molecule has 0 aliphatic rings. The third-order valence-corrected chi connectivity index (χ3v) is 4.49. The van der Waals surface area contributed by atoms with Crippen molar-refractivity contribution in [1.82, 2.24) is 4.90 Å². The van der Waals surface area contributed by atoms with Gasteiger partial charge < -0.3 is 19.8 Å². The molecule has 1 aromatic heterocycles. The van der Waals surface area contributed by atoms with E-state index in [1.165, 1.54) is 0 Å². The van der Waals surface area contributed by atoms with Crippen LogP contribution in [-0.2, 0) is 11.3 Å². The summed E-state index contributed by atoms with van der Waals surface area (Å²) in [6.45, 7) is 5.17. The van der Waals surface area contributed by atoms with Gasteiger partial charge in [0.05, 0.1) is 19.7 Å². The number of carbonyl (C=O) groups excluding carboxylic acids is 2. The Bertz CT molecular complexity index is 1010. The summed E-state index contributed by atoms with van der Waals surface area (Å²) in [7, 11) is 1.85. The molecule has 0 aliphatic carbocycles. The van der Waals surface area contributed by atoms with Crippen molar-refractivity contribution in [2.24, 2.45) is 0 Å². The Kier molecular flexibility index (Phi) is 7.45. The summed E-state index contributed by atoms with van der Waals surface area (Å²) in [4.78, 5) is 26.6. The second-order valence-corrected chi connectivity index (χ2v) is 7.22. The van der Waals surface area contributed by atoms with Crippen LogP contribution in [0.2, 0.25) is 0 Å². The van der Waals surface area contributed by atoms with Crippen LogP contribution in [0.5, 0.6) is 5.75 Å². The molecule has 0 unspecified atom stereocenters. The molecule has 2 N–H and O–H groups in total. The molecule has 7 nitrogen and oxygen atoms in total. The normalized spacial score (nSPS) is 10.7. The second kappa shape index (κ2) is 10.4. The van der Waals surface area contributed by atoms with Crippen LogP contribution in [0.25, 0.3) is 0 Å². The molecule has 162 valence electrons. The first-order valence-electron chi connectivity index (χ1n) is 10.1. The lowest BCUT2D eigenvalue weighted by Gasteiger charge is -2.15. The van der Waals surface area contributed by atoms with Crippen LogP contribution < -0.4 is 15.4 Å². The van der Waals surface area contributed by atoms with Gasteiger partial charge in [0.2, 0.25) is 5.91 Å². The van der Waals surface area contributed by atoms with Crippen LogP contribution in [0.3, 0.4) is 0 Å². The van der Waals surface area contributed by atoms with Crippen LogP contribution >= 0.6 is 0 Å². The molecule has 2 amide bonds. The number of ether oxygens (including phenoxy) is 1. The summed E-state index contributed by atoms with van der Waals surface area (Å²) in [5, 5.41) is 5.68. The van der Waals surface area contributed by atoms with Gasteiger partial charge in [0, 0.05) is 16.9 Å². The fourth-order valence-electron chi connectivity index (χ4n) is 3.05. The largest absolute Gasteiger partial charge is 0.494 e. The standard InChI is InChI=1S/C24H27N3O4/c1-4-30-21-13-10-20(11-14-21)26-24(29)18-6-8-19(9-7-18)25-23(28)16-27(3)15-22-12-5-17(2)31-22/h5-14H,4,15-16H2,1-3H3,(H,25,28)(H,26,29). The van der Waals surface area contributed by atoms with Crippen LogP contribution in [0, 0.1) is 6.92 Å². The number of benzene rings is 2. The topological polar surface area (TPSA) is 83.8 Å². The van der Waals surface area contributed by atoms with Crippen LogP contribution in [-0.4, -0.2) is 36.9 Å². The quantitative estimate of drug-likeness (QED) is 0.538. The lowest BCUT2D eigenvalue weighted by Crippen LogP contribution is -2.29. The van der Waals surface area contributed by atoms with Gasteiger partial charge in [-0.3, -0.25) is 14.5 Å². The average Bonchev–Trinajstić information content (AvgIpc) is 3.14. The van der Waals surface area contributed by atoms with E-state index in [4.69, 9.17) is 9.15 Å². The molecule has 0 saturated carbocycles. The molecular formula is C24H27N3O4. The number of hydrogen-bond donors (Lipinski definition) is 2. The maximum atomic E-state index is 12.4. The van der Waals surface area contributed by atoms with E-state index in [0.29, 0.717) is 30.1 Å². The Morgan fingerprint density at radius 2 is 1.58 bits per heavy atom. The van der Waals surface area contributed by atoms with Crippen LogP contribution in [0.1, 0.15) is 28.8 Å². The first-order valence-corrected chi connectivity index (χ1v) is 10.1. The molecule has 3 rings (SSSR count). The number of rotatable bonds is 9. The van der Waals surface area contributed by atoms with E-state index in [-0.39, 0.29) is 18.4 Å². The van der Waals surface area contributed by atoms with E-state index in [9.17, 15) is 9.59 Å². The minimum Gasteiger partial charge on any atom is -0.494 e. The van der Waals surface area contributed by atoms with Crippen molar-refractivity contribution < 1.29 is 18.7 Å². The molecule has 31 heavy (non-hydrogen) atoms.